The third-order valence-electron chi connectivity index (χ3n) is 6.33. The number of ether oxygens (including phenoxy) is 2. The largest absolute Gasteiger partial charge is 0.467 e. The number of imide groups is 1. The zero-order valence-corrected chi connectivity index (χ0v) is 19.9. The average Bonchev–Trinajstić information content (AvgIpc) is 3.16. The molecular weight excluding hydrogens is 440 g/mol. The SMILES string of the molecule is COC(=O)C(Cc1ccccc1)NC(=O)CCCCCN1C(=O)CC2(CC(C)(C)C(=O)O2)C1=O. The highest BCUT2D eigenvalue weighted by Gasteiger charge is 2.62. The second-order valence-corrected chi connectivity index (χ2v) is 9.62. The molecule has 0 radical (unpaired) electrons. The van der Waals surface area contributed by atoms with E-state index in [1.807, 2.05) is 30.3 Å². The lowest BCUT2D eigenvalue weighted by molar-refractivity contribution is -0.161. The minimum atomic E-state index is -1.36. The van der Waals surface area contributed by atoms with Crippen LogP contribution in [0.2, 0.25) is 0 Å². The number of hydrogen-bond acceptors (Lipinski definition) is 7. The fourth-order valence-electron chi connectivity index (χ4n) is 4.54. The van der Waals surface area contributed by atoms with E-state index in [-0.39, 0.29) is 37.6 Å². The highest BCUT2D eigenvalue weighted by atomic mass is 16.6. The first-order valence-electron chi connectivity index (χ1n) is 11.6. The number of hydrogen-bond donors (Lipinski definition) is 1. The summed E-state index contributed by atoms with van der Waals surface area (Å²) in [5.41, 5.74) is -1.24. The molecule has 3 rings (SSSR count). The molecule has 3 amide bonds. The van der Waals surface area contributed by atoms with E-state index < -0.39 is 34.9 Å². The Morgan fingerprint density at radius 1 is 1.12 bits per heavy atom. The summed E-state index contributed by atoms with van der Waals surface area (Å²) >= 11 is 0. The average molecular weight is 473 g/mol. The normalized spacial score (nSPS) is 22.1. The number of rotatable bonds is 10. The number of carbonyl (C=O) groups is 5. The Morgan fingerprint density at radius 3 is 2.44 bits per heavy atom. The molecule has 2 saturated heterocycles. The molecule has 0 aliphatic carbocycles. The van der Waals surface area contributed by atoms with E-state index >= 15 is 0 Å². The van der Waals surface area contributed by atoms with Gasteiger partial charge in [0.25, 0.3) is 5.91 Å². The molecule has 0 aromatic heterocycles. The molecule has 2 aliphatic rings. The van der Waals surface area contributed by atoms with E-state index in [2.05, 4.69) is 5.32 Å². The molecule has 2 unspecified atom stereocenters. The van der Waals surface area contributed by atoms with Gasteiger partial charge in [0.1, 0.15) is 6.04 Å². The zero-order chi connectivity index (χ0) is 24.9. The molecule has 9 nitrogen and oxygen atoms in total. The van der Waals surface area contributed by atoms with Crippen LogP contribution < -0.4 is 5.32 Å². The Hall–Kier alpha value is -3.23. The smallest absolute Gasteiger partial charge is 0.328 e. The topological polar surface area (TPSA) is 119 Å². The van der Waals surface area contributed by atoms with Crippen molar-refractivity contribution in [1.82, 2.24) is 10.2 Å². The van der Waals surface area contributed by atoms with E-state index in [9.17, 15) is 24.0 Å². The maximum Gasteiger partial charge on any atom is 0.328 e. The summed E-state index contributed by atoms with van der Waals surface area (Å²) in [4.78, 5) is 62.9. The first-order valence-corrected chi connectivity index (χ1v) is 11.6. The van der Waals surface area contributed by atoms with Crippen molar-refractivity contribution >= 4 is 29.7 Å². The Balaban J connectivity index is 1.42. The summed E-state index contributed by atoms with van der Waals surface area (Å²) in [6, 6.07) is 8.58. The Morgan fingerprint density at radius 2 is 1.82 bits per heavy atom. The van der Waals surface area contributed by atoms with Crippen molar-refractivity contribution in [2.45, 2.75) is 70.4 Å². The van der Waals surface area contributed by atoms with Crippen LogP contribution in [0.5, 0.6) is 0 Å². The number of nitrogens with zero attached hydrogens (tertiary/aromatic N) is 1. The van der Waals surface area contributed by atoms with Crippen LogP contribution >= 0.6 is 0 Å². The predicted octanol–water partition coefficient (Wildman–Crippen LogP) is 1.92. The van der Waals surface area contributed by atoms with Crippen LogP contribution in [0.4, 0.5) is 0 Å². The van der Waals surface area contributed by atoms with Gasteiger partial charge in [-0.1, -0.05) is 36.8 Å². The van der Waals surface area contributed by atoms with Gasteiger partial charge < -0.3 is 14.8 Å². The van der Waals surface area contributed by atoms with E-state index in [4.69, 9.17) is 9.47 Å². The van der Waals surface area contributed by atoms with Crippen molar-refractivity contribution in [1.29, 1.82) is 0 Å². The Labute approximate surface area is 199 Å². The first kappa shape index (κ1) is 25.4. The molecule has 1 spiro atoms. The molecule has 9 heteroatoms. The van der Waals surface area contributed by atoms with Crippen molar-refractivity contribution in [3.63, 3.8) is 0 Å². The van der Waals surface area contributed by atoms with Gasteiger partial charge in [-0.05, 0) is 32.3 Å². The molecule has 2 fully saturated rings. The molecule has 0 saturated carbocycles. The van der Waals surface area contributed by atoms with Gasteiger partial charge in [0.2, 0.25) is 17.4 Å². The van der Waals surface area contributed by atoms with Crippen LogP contribution in [-0.2, 0) is 39.9 Å². The van der Waals surface area contributed by atoms with Crippen molar-refractivity contribution in [2.75, 3.05) is 13.7 Å². The van der Waals surface area contributed by atoms with Crippen molar-refractivity contribution in [3.05, 3.63) is 35.9 Å². The highest BCUT2D eigenvalue weighted by molar-refractivity contribution is 6.09. The summed E-state index contributed by atoms with van der Waals surface area (Å²) in [5, 5.41) is 2.73. The number of likely N-dealkylation sites (tertiary alicyclic amines) is 1. The quantitative estimate of drug-likeness (QED) is 0.314. The second-order valence-electron chi connectivity index (χ2n) is 9.62. The summed E-state index contributed by atoms with van der Waals surface area (Å²) in [5.74, 6) is -2.02. The van der Waals surface area contributed by atoms with Crippen molar-refractivity contribution in [2.24, 2.45) is 5.41 Å². The molecule has 1 aromatic carbocycles. The third-order valence-corrected chi connectivity index (χ3v) is 6.33. The van der Waals surface area contributed by atoms with E-state index in [0.29, 0.717) is 25.7 Å². The van der Waals surface area contributed by atoms with Crippen molar-refractivity contribution in [3.8, 4) is 0 Å². The molecule has 0 bridgehead atoms. The fourth-order valence-corrected chi connectivity index (χ4v) is 4.54. The molecular formula is C25H32N2O7. The predicted molar refractivity (Wildman–Crippen MR) is 121 cm³/mol. The minimum Gasteiger partial charge on any atom is -0.467 e. The molecule has 184 valence electrons. The maximum absolute atomic E-state index is 12.8. The monoisotopic (exact) mass is 472 g/mol. The van der Waals surface area contributed by atoms with Crippen LogP contribution in [0.1, 0.15) is 57.9 Å². The first-order chi connectivity index (χ1) is 16.1. The van der Waals surface area contributed by atoms with Gasteiger partial charge in [0, 0.05) is 25.8 Å². The molecule has 2 atom stereocenters. The van der Waals surface area contributed by atoms with Gasteiger partial charge in [-0.2, -0.15) is 0 Å². The van der Waals surface area contributed by atoms with Gasteiger partial charge in [0.05, 0.1) is 18.9 Å². The maximum atomic E-state index is 12.8. The molecule has 2 aliphatic heterocycles. The Bertz CT molecular complexity index is 959. The third kappa shape index (κ3) is 5.63. The number of carbonyl (C=O) groups excluding carboxylic acids is 5. The van der Waals surface area contributed by atoms with E-state index in [1.54, 1.807) is 13.8 Å². The van der Waals surface area contributed by atoms with Crippen LogP contribution in [-0.4, -0.2) is 59.9 Å². The number of esters is 2. The summed E-state index contributed by atoms with van der Waals surface area (Å²) in [7, 11) is 1.28. The van der Waals surface area contributed by atoms with E-state index in [0.717, 1.165) is 5.56 Å². The van der Waals surface area contributed by atoms with E-state index in [1.165, 1.54) is 12.0 Å². The standard InChI is InChI=1S/C25H32N2O7/c1-24(2)16-25(34-23(24)32)15-20(29)27(22(25)31)13-9-5-8-12-19(28)26-18(21(30)33-3)14-17-10-6-4-7-11-17/h4,6-7,10-11,18H,5,8-9,12-16H2,1-3H3,(H,26,28). The minimum absolute atomic E-state index is 0.111. The van der Waals surface area contributed by atoms with Gasteiger partial charge in [0.15, 0.2) is 0 Å². The van der Waals surface area contributed by atoms with Gasteiger partial charge in [-0.25, -0.2) is 4.79 Å². The molecule has 1 N–H and O–H groups in total. The lowest BCUT2D eigenvalue weighted by Gasteiger charge is -2.20. The number of benzene rings is 1. The summed E-state index contributed by atoms with van der Waals surface area (Å²) in [6.07, 6.45) is 2.31. The summed E-state index contributed by atoms with van der Waals surface area (Å²) in [6.45, 7) is 3.64. The lowest BCUT2D eigenvalue weighted by atomic mass is 9.83. The number of nitrogens with one attached hydrogen (secondary N) is 1. The number of amides is 3. The van der Waals surface area contributed by atoms with Crippen molar-refractivity contribution < 1.29 is 33.4 Å². The molecule has 1 aromatic rings. The van der Waals surface area contributed by atoms with Crippen LogP contribution in [0.3, 0.4) is 0 Å². The van der Waals surface area contributed by atoms with Crippen LogP contribution in [0.25, 0.3) is 0 Å². The summed E-state index contributed by atoms with van der Waals surface area (Å²) < 4.78 is 10.2. The van der Waals surface area contributed by atoms with Gasteiger partial charge in [-0.3, -0.25) is 24.1 Å². The highest BCUT2D eigenvalue weighted by Crippen LogP contribution is 2.46. The number of unbranched alkanes of at least 4 members (excludes halogenated alkanes) is 2. The Kier molecular flexibility index (Phi) is 7.74. The number of methoxy groups -OCH3 is 1. The second kappa shape index (κ2) is 10.4. The zero-order valence-electron chi connectivity index (χ0n) is 19.9. The van der Waals surface area contributed by atoms with Gasteiger partial charge >= 0.3 is 11.9 Å². The molecule has 34 heavy (non-hydrogen) atoms. The van der Waals surface area contributed by atoms with Crippen LogP contribution in [0, 0.1) is 5.41 Å². The van der Waals surface area contributed by atoms with Crippen LogP contribution in [0.15, 0.2) is 30.3 Å². The van der Waals surface area contributed by atoms with Gasteiger partial charge in [-0.15, -0.1) is 0 Å². The molecule has 2 heterocycles. The fraction of sp³-hybridized carbons (Fsp3) is 0.560. The lowest BCUT2D eigenvalue weighted by Crippen LogP contribution is -2.43.